The van der Waals surface area contributed by atoms with Crippen molar-refractivity contribution in [3.8, 4) is 5.75 Å². The summed E-state index contributed by atoms with van der Waals surface area (Å²) < 4.78 is 23.3. The quantitative estimate of drug-likeness (QED) is 0.433. The van der Waals surface area contributed by atoms with Gasteiger partial charge in [0.15, 0.2) is 0 Å². The van der Waals surface area contributed by atoms with Crippen LogP contribution >= 0.6 is 0 Å². The Kier molecular flexibility index (Phi) is 8.16. The highest BCUT2D eigenvalue weighted by Crippen LogP contribution is 2.27. The van der Waals surface area contributed by atoms with Crippen LogP contribution in [-0.2, 0) is 42.3 Å². The third-order valence-electron chi connectivity index (χ3n) is 6.84. The third kappa shape index (κ3) is 6.73. The van der Waals surface area contributed by atoms with Crippen LogP contribution in [0.15, 0.2) is 65.1 Å². The Labute approximate surface area is 208 Å². The Morgan fingerprint density at radius 1 is 0.829 bits per heavy atom. The smallest absolute Gasteiger partial charge is 0.129 e. The van der Waals surface area contributed by atoms with Crippen LogP contribution in [0, 0.1) is 0 Å². The molecule has 2 aromatic carbocycles. The number of furan rings is 1. The molecule has 1 fully saturated rings. The number of ether oxygens (including phenoxy) is 3. The zero-order chi connectivity index (χ0) is 23.9. The number of rotatable bonds is 9. The molecular weight excluding hydrogens is 440 g/mol. The molecule has 2 aliphatic heterocycles. The second-order valence-corrected chi connectivity index (χ2v) is 9.57. The summed E-state index contributed by atoms with van der Waals surface area (Å²) in [6.07, 6.45) is 2.53. The number of methoxy groups -OCH3 is 1. The molecular formula is C29H36N2O4. The average molecular weight is 477 g/mol. The van der Waals surface area contributed by atoms with Gasteiger partial charge in [0, 0.05) is 45.4 Å². The van der Waals surface area contributed by atoms with Gasteiger partial charge in [-0.15, -0.1) is 0 Å². The molecule has 3 aromatic rings. The Bertz CT molecular complexity index is 1060. The fourth-order valence-corrected chi connectivity index (χ4v) is 4.96. The second-order valence-electron chi connectivity index (χ2n) is 9.57. The van der Waals surface area contributed by atoms with E-state index in [0.29, 0.717) is 25.9 Å². The standard InChI is InChI=1S/C29H36N2O4/c1-32-22-28-9-8-27(35-28)20-31-15-16-33-29-10-7-24(17-25(29)19-31)18-30-13-11-26(12-14-30)34-21-23-5-3-2-4-6-23/h2-10,17,26H,11-16,18-22H2,1H3. The van der Waals surface area contributed by atoms with Gasteiger partial charge >= 0.3 is 0 Å². The Morgan fingerprint density at radius 3 is 2.49 bits per heavy atom. The lowest BCUT2D eigenvalue weighted by Gasteiger charge is -2.32. The van der Waals surface area contributed by atoms with Crippen LogP contribution in [0.4, 0.5) is 0 Å². The molecule has 2 aliphatic rings. The number of fused-ring (bicyclic) bond motifs is 1. The van der Waals surface area contributed by atoms with Gasteiger partial charge in [0.25, 0.3) is 0 Å². The van der Waals surface area contributed by atoms with Crippen molar-refractivity contribution in [2.45, 2.75) is 51.8 Å². The van der Waals surface area contributed by atoms with Gasteiger partial charge in [0.1, 0.15) is 30.5 Å². The molecule has 0 unspecified atom stereocenters. The molecule has 0 spiro atoms. The number of hydrogen-bond acceptors (Lipinski definition) is 6. The van der Waals surface area contributed by atoms with E-state index in [9.17, 15) is 0 Å². The Morgan fingerprint density at radius 2 is 1.66 bits per heavy atom. The van der Waals surface area contributed by atoms with Crippen LogP contribution in [-0.4, -0.2) is 49.3 Å². The summed E-state index contributed by atoms with van der Waals surface area (Å²) in [6, 6.07) is 21.2. The van der Waals surface area contributed by atoms with Crippen molar-refractivity contribution in [2.24, 2.45) is 0 Å². The lowest BCUT2D eigenvalue weighted by molar-refractivity contribution is -0.00394. The predicted molar refractivity (Wildman–Crippen MR) is 135 cm³/mol. The number of likely N-dealkylation sites (tertiary alicyclic amines) is 1. The first-order valence-electron chi connectivity index (χ1n) is 12.7. The van der Waals surface area contributed by atoms with Gasteiger partial charge in [0.2, 0.25) is 0 Å². The molecule has 0 saturated carbocycles. The minimum atomic E-state index is 0.353. The summed E-state index contributed by atoms with van der Waals surface area (Å²) in [5, 5.41) is 0. The van der Waals surface area contributed by atoms with E-state index < -0.39 is 0 Å². The zero-order valence-corrected chi connectivity index (χ0v) is 20.7. The largest absolute Gasteiger partial charge is 0.492 e. The van der Waals surface area contributed by atoms with Crippen LogP contribution in [0.2, 0.25) is 0 Å². The zero-order valence-electron chi connectivity index (χ0n) is 20.7. The number of benzene rings is 2. The molecule has 5 rings (SSSR count). The molecule has 0 amide bonds. The molecule has 186 valence electrons. The van der Waals surface area contributed by atoms with Crippen LogP contribution < -0.4 is 4.74 Å². The van der Waals surface area contributed by atoms with Crippen molar-refractivity contribution in [3.63, 3.8) is 0 Å². The lowest BCUT2D eigenvalue weighted by Crippen LogP contribution is -2.36. The van der Waals surface area contributed by atoms with Crippen molar-refractivity contribution in [1.29, 1.82) is 0 Å². The fourth-order valence-electron chi connectivity index (χ4n) is 4.96. The highest BCUT2D eigenvalue weighted by Gasteiger charge is 2.21. The number of nitrogens with zero attached hydrogens (tertiary/aromatic N) is 2. The highest BCUT2D eigenvalue weighted by molar-refractivity contribution is 5.38. The van der Waals surface area contributed by atoms with Crippen molar-refractivity contribution >= 4 is 0 Å². The van der Waals surface area contributed by atoms with Crippen molar-refractivity contribution in [1.82, 2.24) is 9.80 Å². The van der Waals surface area contributed by atoms with E-state index in [1.165, 1.54) is 16.7 Å². The van der Waals surface area contributed by atoms with Crippen LogP contribution in [0.5, 0.6) is 5.75 Å². The highest BCUT2D eigenvalue weighted by atomic mass is 16.5. The molecule has 35 heavy (non-hydrogen) atoms. The molecule has 0 N–H and O–H groups in total. The SMILES string of the molecule is COCc1ccc(CN2CCOc3ccc(CN4CCC(OCc5ccccc5)CC4)cc3C2)o1. The molecule has 1 saturated heterocycles. The first kappa shape index (κ1) is 24.1. The third-order valence-corrected chi connectivity index (χ3v) is 6.84. The molecule has 6 nitrogen and oxygen atoms in total. The molecule has 1 aromatic heterocycles. The molecule has 6 heteroatoms. The maximum atomic E-state index is 6.17. The maximum Gasteiger partial charge on any atom is 0.129 e. The van der Waals surface area contributed by atoms with Gasteiger partial charge in [0.05, 0.1) is 19.3 Å². The molecule has 0 atom stereocenters. The van der Waals surface area contributed by atoms with E-state index in [1.54, 1.807) is 7.11 Å². The van der Waals surface area contributed by atoms with Crippen LogP contribution in [0.25, 0.3) is 0 Å². The summed E-state index contributed by atoms with van der Waals surface area (Å²) in [5.74, 6) is 2.84. The average Bonchev–Trinajstić information content (AvgIpc) is 3.22. The van der Waals surface area contributed by atoms with Gasteiger partial charge in [-0.25, -0.2) is 0 Å². The second kappa shape index (κ2) is 11.9. The summed E-state index contributed by atoms with van der Waals surface area (Å²) in [6.45, 7) is 7.52. The Hall–Kier alpha value is -2.64. The van der Waals surface area contributed by atoms with Crippen molar-refractivity contribution < 1.29 is 18.6 Å². The van der Waals surface area contributed by atoms with E-state index in [1.807, 2.05) is 18.2 Å². The van der Waals surface area contributed by atoms with E-state index >= 15 is 0 Å². The van der Waals surface area contributed by atoms with Crippen molar-refractivity contribution in [3.05, 3.63) is 88.9 Å². The van der Waals surface area contributed by atoms with E-state index in [2.05, 4.69) is 52.3 Å². The van der Waals surface area contributed by atoms with E-state index in [-0.39, 0.29) is 0 Å². The summed E-state index contributed by atoms with van der Waals surface area (Å²) in [7, 11) is 1.69. The molecule has 3 heterocycles. The summed E-state index contributed by atoms with van der Waals surface area (Å²) in [5.41, 5.74) is 3.85. The Balaban J connectivity index is 1.13. The maximum absolute atomic E-state index is 6.17. The monoisotopic (exact) mass is 476 g/mol. The topological polar surface area (TPSA) is 47.3 Å². The minimum absolute atomic E-state index is 0.353. The van der Waals surface area contributed by atoms with Crippen LogP contribution in [0.1, 0.15) is 41.1 Å². The number of hydrogen-bond donors (Lipinski definition) is 0. The summed E-state index contributed by atoms with van der Waals surface area (Å²) >= 11 is 0. The van der Waals surface area contributed by atoms with Gasteiger partial charge in [-0.05, 0) is 48.2 Å². The van der Waals surface area contributed by atoms with Gasteiger partial charge in [-0.3, -0.25) is 9.80 Å². The normalized spacial score (nSPS) is 17.6. The van der Waals surface area contributed by atoms with Crippen LogP contribution in [0.3, 0.4) is 0 Å². The predicted octanol–water partition coefficient (Wildman–Crippen LogP) is 5.00. The minimum Gasteiger partial charge on any atom is -0.492 e. The van der Waals surface area contributed by atoms with Gasteiger partial charge in [-0.2, -0.15) is 0 Å². The van der Waals surface area contributed by atoms with E-state index in [4.69, 9.17) is 18.6 Å². The number of piperidine rings is 1. The molecule has 0 bridgehead atoms. The summed E-state index contributed by atoms with van der Waals surface area (Å²) in [4.78, 5) is 4.93. The fraction of sp³-hybridized carbons (Fsp3) is 0.448. The van der Waals surface area contributed by atoms with E-state index in [0.717, 1.165) is 69.4 Å². The molecule has 0 radical (unpaired) electrons. The van der Waals surface area contributed by atoms with Crippen molar-refractivity contribution in [2.75, 3.05) is 33.4 Å². The van der Waals surface area contributed by atoms with Gasteiger partial charge in [-0.1, -0.05) is 36.4 Å². The first-order valence-corrected chi connectivity index (χ1v) is 12.7. The van der Waals surface area contributed by atoms with Gasteiger partial charge < -0.3 is 18.6 Å². The first-order chi connectivity index (χ1) is 17.2. The molecule has 0 aliphatic carbocycles. The lowest BCUT2D eigenvalue weighted by atomic mass is 10.0.